The summed E-state index contributed by atoms with van der Waals surface area (Å²) in [6.07, 6.45) is 0. The highest BCUT2D eigenvalue weighted by Crippen LogP contribution is 2.08. The van der Waals surface area contributed by atoms with Crippen LogP contribution in [0.4, 0.5) is 0 Å². The molecular weight excluding hydrogens is 324 g/mol. The maximum atomic E-state index is 11.2. The lowest BCUT2D eigenvalue weighted by molar-refractivity contribution is 0.597. The quantitative estimate of drug-likeness (QED) is 0.547. The van der Waals surface area contributed by atoms with Crippen LogP contribution in [0.5, 0.6) is 0 Å². The lowest BCUT2D eigenvalue weighted by Gasteiger charge is -2.11. The number of rotatable bonds is 6. The van der Waals surface area contributed by atoms with Crippen molar-refractivity contribution in [1.82, 2.24) is 10.6 Å². The third-order valence-corrected chi connectivity index (χ3v) is 4.25. The first-order valence-corrected chi connectivity index (χ1v) is 9.21. The molecule has 2 aromatic rings. The molecule has 0 aliphatic rings. The van der Waals surface area contributed by atoms with E-state index in [1.807, 2.05) is 37.3 Å². The molecule has 2 aromatic carbocycles. The average Bonchev–Trinajstić information content (AvgIpc) is 2.58. The van der Waals surface area contributed by atoms with E-state index in [1.165, 1.54) is 12.1 Å². The molecule has 24 heavy (non-hydrogen) atoms. The van der Waals surface area contributed by atoms with Crippen molar-refractivity contribution in [3.63, 3.8) is 0 Å². The van der Waals surface area contributed by atoms with Crippen LogP contribution >= 0.6 is 0 Å². The summed E-state index contributed by atoms with van der Waals surface area (Å²) >= 11 is 0. The van der Waals surface area contributed by atoms with Crippen molar-refractivity contribution in [2.75, 3.05) is 6.54 Å². The zero-order chi connectivity index (χ0) is 17.4. The number of nitrogens with zero attached hydrogens (tertiary/aromatic N) is 1. The van der Waals surface area contributed by atoms with Crippen LogP contribution in [0.2, 0.25) is 0 Å². The van der Waals surface area contributed by atoms with Crippen LogP contribution in [0.1, 0.15) is 18.1 Å². The standard InChI is InChI=1S/C17H22N4O2S/c1-2-19-17(20-12-14-6-4-3-5-7-14)21-13-15-8-10-16(11-9-15)24(18,22)23/h3-11H,2,12-13H2,1H3,(H2,18,22,23)(H2,19,20,21). The van der Waals surface area contributed by atoms with Gasteiger partial charge in [0.25, 0.3) is 0 Å². The van der Waals surface area contributed by atoms with Crippen LogP contribution < -0.4 is 15.8 Å². The molecule has 128 valence electrons. The molecule has 2 rings (SSSR count). The Hall–Kier alpha value is -2.38. The molecule has 0 atom stereocenters. The molecule has 6 nitrogen and oxygen atoms in total. The van der Waals surface area contributed by atoms with E-state index >= 15 is 0 Å². The summed E-state index contributed by atoms with van der Waals surface area (Å²) < 4.78 is 22.5. The fourth-order valence-corrected chi connectivity index (χ4v) is 2.59. The van der Waals surface area contributed by atoms with Crippen LogP contribution in [0.3, 0.4) is 0 Å². The molecule has 7 heteroatoms. The molecule has 0 heterocycles. The van der Waals surface area contributed by atoms with Gasteiger partial charge in [-0.3, -0.25) is 0 Å². The van der Waals surface area contributed by atoms with E-state index in [0.29, 0.717) is 19.0 Å². The summed E-state index contributed by atoms with van der Waals surface area (Å²) in [5.41, 5.74) is 2.07. The summed E-state index contributed by atoms with van der Waals surface area (Å²) in [5, 5.41) is 11.5. The summed E-state index contributed by atoms with van der Waals surface area (Å²) in [7, 11) is -3.66. The molecule has 0 unspecified atom stereocenters. The largest absolute Gasteiger partial charge is 0.357 e. The minimum Gasteiger partial charge on any atom is -0.357 e. The second-order valence-corrected chi connectivity index (χ2v) is 6.78. The highest BCUT2D eigenvalue weighted by atomic mass is 32.2. The number of guanidine groups is 1. The van der Waals surface area contributed by atoms with E-state index < -0.39 is 10.0 Å². The number of nitrogens with two attached hydrogens (primary N) is 1. The fourth-order valence-electron chi connectivity index (χ4n) is 2.08. The lowest BCUT2D eigenvalue weighted by Crippen LogP contribution is -2.36. The summed E-state index contributed by atoms with van der Waals surface area (Å²) in [6.45, 7) is 3.87. The molecule has 0 saturated heterocycles. The zero-order valence-corrected chi connectivity index (χ0v) is 14.4. The van der Waals surface area contributed by atoms with Gasteiger partial charge in [0.2, 0.25) is 10.0 Å². The van der Waals surface area contributed by atoms with E-state index in [4.69, 9.17) is 5.14 Å². The number of nitrogens with one attached hydrogen (secondary N) is 2. The molecule has 0 bridgehead atoms. The van der Waals surface area contributed by atoms with Crippen molar-refractivity contribution >= 4 is 16.0 Å². The highest BCUT2D eigenvalue weighted by molar-refractivity contribution is 7.89. The van der Waals surface area contributed by atoms with Crippen LogP contribution in [0, 0.1) is 0 Å². The Balaban J connectivity index is 1.98. The van der Waals surface area contributed by atoms with Gasteiger partial charge in [-0.1, -0.05) is 42.5 Å². The molecular formula is C17H22N4O2S. The van der Waals surface area contributed by atoms with Gasteiger partial charge in [0, 0.05) is 13.1 Å². The Morgan fingerprint density at radius 3 is 2.25 bits per heavy atom. The van der Waals surface area contributed by atoms with Gasteiger partial charge >= 0.3 is 0 Å². The van der Waals surface area contributed by atoms with E-state index in [0.717, 1.165) is 17.7 Å². The summed E-state index contributed by atoms with van der Waals surface area (Å²) in [4.78, 5) is 4.64. The first-order valence-electron chi connectivity index (χ1n) is 7.67. The smallest absolute Gasteiger partial charge is 0.238 e. The SMILES string of the molecule is CCNC(=NCc1ccccc1)NCc1ccc(S(N)(=O)=O)cc1. The number of aliphatic imine (C=N–C) groups is 1. The van der Waals surface area contributed by atoms with Gasteiger partial charge in [-0.05, 0) is 30.2 Å². The molecule has 0 aromatic heterocycles. The number of primary sulfonamides is 1. The normalized spacial score (nSPS) is 12.0. The van der Waals surface area contributed by atoms with Gasteiger partial charge in [-0.15, -0.1) is 0 Å². The van der Waals surface area contributed by atoms with Gasteiger partial charge in [0.05, 0.1) is 11.4 Å². The van der Waals surface area contributed by atoms with Gasteiger partial charge in [0.15, 0.2) is 5.96 Å². The van der Waals surface area contributed by atoms with E-state index in [9.17, 15) is 8.42 Å². The molecule has 0 fully saturated rings. The van der Waals surface area contributed by atoms with Crippen molar-refractivity contribution in [2.24, 2.45) is 10.1 Å². The Bertz CT molecular complexity index is 772. The summed E-state index contributed by atoms with van der Waals surface area (Å²) in [6, 6.07) is 16.5. The van der Waals surface area contributed by atoms with Crippen molar-refractivity contribution in [1.29, 1.82) is 0 Å². The van der Waals surface area contributed by atoms with Gasteiger partial charge < -0.3 is 10.6 Å². The Kier molecular flexibility index (Phi) is 6.34. The maximum absolute atomic E-state index is 11.2. The van der Waals surface area contributed by atoms with Crippen LogP contribution in [-0.2, 0) is 23.1 Å². The highest BCUT2D eigenvalue weighted by Gasteiger charge is 2.06. The minimum absolute atomic E-state index is 0.107. The summed E-state index contributed by atoms with van der Waals surface area (Å²) in [5.74, 6) is 0.705. The molecule has 0 radical (unpaired) electrons. The maximum Gasteiger partial charge on any atom is 0.238 e. The van der Waals surface area contributed by atoms with Crippen molar-refractivity contribution in [2.45, 2.75) is 24.9 Å². The predicted octanol–water partition coefficient (Wildman–Crippen LogP) is 1.59. The second-order valence-electron chi connectivity index (χ2n) is 5.22. The van der Waals surface area contributed by atoms with Crippen molar-refractivity contribution in [3.8, 4) is 0 Å². The molecule has 0 amide bonds. The Labute approximate surface area is 142 Å². The van der Waals surface area contributed by atoms with Crippen LogP contribution in [-0.4, -0.2) is 20.9 Å². The number of hydrogen-bond acceptors (Lipinski definition) is 3. The molecule has 4 N–H and O–H groups in total. The Morgan fingerprint density at radius 2 is 1.67 bits per heavy atom. The third-order valence-electron chi connectivity index (χ3n) is 3.32. The van der Waals surface area contributed by atoms with E-state index in [2.05, 4.69) is 15.6 Å². The molecule has 0 spiro atoms. The van der Waals surface area contributed by atoms with Gasteiger partial charge in [0.1, 0.15) is 0 Å². The first-order chi connectivity index (χ1) is 11.5. The lowest BCUT2D eigenvalue weighted by atomic mass is 10.2. The minimum atomic E-state index is -3.66. The number of hydrogen-bond donors (Lipinski definition) is 3. The van der Waals surface area contributed by atoms with E-state index in [-0.39, 0.29) is 4.90 Å². The van der Waals surface area contributed by atoms with Crippen molar-refractivity contribution in [3.05, 3.63) is 65.7 Å². The van der Waals surface area contributed by atoms with Crippen LogP contribution in [0.15, 0.2) is 64.5 Å². The van der Waals surface area contributed by atoms with Gasteiger partial charge in [-0.25, -0.2) is 18.5 Å². The second kappa shape index (κ2) is 8.47. The van der Waals surface area contributed by atoms with Crippen molar-refractivity contribution < 1.29 is 8.42 Å². The Morgan fingerprint density at radius 1 is 1.00 bits per heavy atom. The molecule has 0 saturated carbocycles. The van der Waals surface area contributed by atoms with Gasteiger partial charge in [-0.2, -0.15) is 0 Å². The number of benzene rings is 2. The molecule has 0 aliphatic carbocycles. The average molecular weight is 346 g/mol. The zero-order valence-electron chi connectivity index (χ0n) is 13.6. The third kappa shape index (κ3) is 5.68. The first kappa shape index (κ1) is 18.0. The van der Waals surface area contributed by atoms with E-state index in [1.54, 1.807) is 12.1 Å². The topological polar surface area (TPSA) is 96.6 Å². The fraction of sp³-hybridized carbons (Fsp3) is 0.235. The molecule has 0 aliphatic heterocycles. The van der Waals surface area contributed by atoms with Crippen LogP contribution in [0.25, 0.3) is 0 Å². The monoisotopic (exact) mass is 346 g/mol. The predicted molar refractivity (Wildman–Crippen MR) is 95.9 cm³/mol. The number of sulfonamides is 1.